The van der Waals surface area contributed by atoms with Gasteiger partial charge in [-0.2, -0.15) is 0 Å². The van der Waals surface area contributed by atoms with Crippen molar-refractivity contribution in [1.82, 2.24) is 15.0 Å². The molecule has 0 saturated heterocycles. The van der Waals surface area contributed by atoms with Gasteiger partial charge in [0.1, 0.15) is 11.6 Å². The van der Waals surface area contributed by atoms with Crippen LogP contribution in [0, 0.1) is 0 Å². The third-order valence-corrected chi connectivity index (χ3v) is 3.85. The highest BCUT2D eigenvalue weighted by Crippen LogP contribution is 2.28. The standard InChI is InChI=1S/C15H20N4O/c1-2-19-7-6-17-15(19)10-13(18-16)11-3-4-14-12(9-11)5-8-20-14/h3-4,6-7,9,13,18H,2,5,8,10,16H2,1H3. The van der Waals surface area contributed by atoms with Crippen LogP contribution < -0.4 is 16.0 Å². The van der Waals surface area contributed by atoms with Crippen LogP contribution in [0.1, 0.15) is 29.9 Å². The Bertz CT molecular complexity index is 593. The van der Waals surface area contributed by atoms with Crippen molar-refractivity contribution in [3.8, 4) is 5.75 Å². The van der Waals surface area contributed by atoms with Crippen LogP contribution >= 0.6 is 0 Å². The Morgan fingerprint density at radius 1 is 1.50 bits per heavy atom. The first-order valence-electron chi connectivity index (χ1n) is 7.03. The number of fused-ring (bicyclic) bond motifs is 1. The van der Waals surface area contributed by atoms with E-state index in [9.17, 15) is 0 Å². The Hall–Kier alpha value is -1.85. The number of hydrogen-bond acceptors (Lipinski definition) is 4. The van der Waals surface area contributed by atoms with Crippen LogP contribution in [0.4, 0.5) is 0 Å². The molecule has 1 aliphatic rings. The third kappa shape index (κ3) is 2.42. The zero-order valence-electron chi connectivity index (χ0n) is 11.7. The van der Waals surface area contributed by atoms with Crippen molar-refractivity contribution in [3.05, 3.63) is 47.5 Å². The zero-order valence-corrected chi connectivity index (χ0v) is 11.7. The molecule has 3 rings (SSSR count). The molecule has 20 heavy (non-hydrogen) atoms. The van der Waals surface area contributed by atoms with Gasteiger partial charge in [-0.25, -0.2) is 4.98 Å². The Morgan fingerprint density at radius 3 is 3.20 bits per heavy atom. The number of aromatic nitrogens is 2. The fraction of sp³-hybridized carbons (Fsp3) is 0.400. The Kier molecular flexibility index (Phi) is 3.71. The third-order valence-electron chi connectivity index (χ3n) is 3.85. The quantitative estimate of drug-likeness (QED) is 0.641. The van der Waals surface area contributed by atoms with Gasteiger partial charge in [0.05, 0.1) is 12.6 Å². The van der Waals surface area contributed by atoms with Crippen molar-refractivity contribution in [2.45, 2.75) is 32.4 Å². The van der Waals surface area contributed by atoms with Gasteiger partial charge in [-0.05, 0) is 24.1 Å². The number of hydrazine groups is 1. The van der Waals surface area contributed by atoms with Crippen molar-refractivity contribution in [1.29, 1.82) is 0 Å². The van der Waals surface area contributed by atoms with Gasteiger partial charge in [-0.3, -0.25) is 11.3 Å². The van der Waals surface area contributed by atoms with Gasteiger partial charge < -0.3 is 9.30 Å². The van der Waals surface area contributed by atoms with Crippen LogP contribution in [0.25, 0.3) is 0 Å². The Balaban J connectivity index is 1.83. The first kappa shape index (κ1) is 13.1. The summed E-state index contributed by atoms with van der Waals surface area (Å²) in [6.07, 6.45) is 5.59. The smallest absolute Gasteiger partial charge is 0.122 e. The van der Waals surface area contributed by atoms with E-state index in [0.717, 1.165) is 37.6 Å². The van der Waals surface area contributed by atoms with Gasteiger partial charge in [0.15, 0.2) is 0 Å². The van der Waals surface area contributed by atoms with E-state index in [1.165, 1.54) is 11.1 Å². The number of ether oxygens (including phenoxy) is 1. The topological polar surface area (TPSA) is 65.1 Å². The molecule has 1 aliphatic heterocycles. The molecule has 3 N–H and O–H groups in total. The second-order valence-electron chi connectivity index (χ2n) is 5.02. The summed E-state index contributed by atoms with van der Waals surface area (Å²) in [5, 5.41) is 0. The predicted octanol–water partition coefficient (Wildman–Crippen LogP) is 1.58. The van der Waals surface area contributed by atoms with E-state index < -0.39 is 0 Å². The number of benzene rings is 1. The van der Waals surface area contributed by atoms with Gasteiger partial charge in [-0.1, -0.05) is 12.1 Å². The largest absolute Gasteiger partial charge is 0.493 e. The molecule has 106 valence electrons. The lowest BCUT2D eigenvalue weighted by Crippen LogP contribution is -2.30. The lowest BCUT2D eigenvalue weighted by Gasteiger charge is -2.17. The molecular weight excluding hydrogens is 252 g/mol. The minimum atomic E-state index is 0.0635. The number of aryl methyl sites for hydroxylation is 1. The van der Waals surface area contributed by atoms with Crippen molar-refractivity contribution in [2.24, 2.45) is 5.84 Å². The molecule has 5 heteroatoms. The molecule has 0 saturated carbocycles. The average Bonchev–Trinajstić information content (AvgIpc) is 3.12. The molecule has 0 amide bonds. The normalized spacial score (nSPS) is 14.9. The summed E-state index contributed by atoms with van der Waals surface area (Å²) in [7, 11) is 0. The summed E-state index contributed by atoms with van der Waals surface area (Å²) >= 11 is 0. The van der Waals surface area contributed by atoms with Gasteiger partial charge in [-0.15, -0.1) is 0 Å². The summed E-state index contributed by atoms with van der Waals surface area (Å²) in [5.74, 6) is 7.79. The fourth-order valence-electron chi connectivity index (χ4n) is 2.70. The lowest BCUT2D eigenvalue weighted by atomic mass is 10.0. The van der Waals surface area contributed by atoms with E-state index in [2.05, 4.69) is 34.0 Å². The Morgan fingerprint density at radius 2 is 2.40 bits per heavy atom. The molecule has 1 aromatic heterocycles. The molecule has 1 aromatic carbocycles. The fourth-order valence-corrected chi connectivity index (χ4v) is 2.70. The van der Waals surface area contributed by atoms with E-state index in [4.69, 9.17) is 10.6 Å². The molecule has 0 bridgehead atoms. The Labute approximate surface area is 118 Å². The number of nitrogens with zero attached hydrogens (tertiary/aromatic N) is 2. The van der Waals surface area contributed by atoms with Crippen molar-refractivity contribution < 1.29 is 4.74 Å². The van der Waals surface area contributed by atoms with Crippen LogP contribution in [0.15, 0.2) is 30.6 Å². The van der Waals surface area contributed by atoms with Crippen molar-refractivity contribution in [3.63, 3.8) is 0 Å². The molecule has 0 fully saturated rings. The van der Waals surface area contributed by atoms with E-state index in [0.29, 0.717) is 0 Å². The maximum atomic E-state index is 5.74. The number of imidazole rings is 1. The first-order chi connectivity index (χ1) is 9.81. The summed E-state index contributed by atoms with van der Waals surface area (Å²) in [4.78, 5) is 4.42. The summed E-state index contributed by atoms with van der Waals surface area (Å²) in [6, 6.07) is 6.36. The molecular formula is C15H20N4O. The maximum absolute atomic E-state index is 5.74. The molecule has 2 aromatic rings. The van der Waals surface area contributed by atoms with Gasteiger partial charge in [0.2, 0.25) is 0 Å². The summed E-state index contributed by atoms with van der Waals surface area (Å²) in [5.41, 5.74) is 5.35. The molecule has 0 aliphatic carbocycles. The van der Waals surface area contributed by atoms with E-state index >= 15 is 0 Å². The highest BCUT2D eigenvalue weighted by molar-refractivity contribution is 5.41. The van der Waals surface area contributed by atoms with Crippen LogP contribution in [0.5, 0.6) is 5.75 Å². The van der Waals surface area contributed by atoms with Crippen LogP contribution in [0.2, 0.25) is 0 Å². The first-order valence-corrected chi connectivity index (χ1v) is 7.03. The summed E-state index contributed by atoms with van der Waals surface area (Å²) in [6.45, 7) is 3.81. The second-order valence-corrected chi connectivity index (χ2v) is 5.02. The molecule has 2 heterocycles. The average molecular weight is 272 g/mol. The van der Waals surface area contributed by atoms with Crippen LogP contribution in [-0.4, -0.2) is 16.2 Å². The molecule has 0 spiro atoms. The number of rotatable bonds is 5. The predicted molar refractivity (Wildman–Crippen MR) is 77.3 cm³/mol. The van der Waals surface area contributed by atoms with E-state index in [1.807, 2.05) is 18.5 Å². The lowest BCUT2D eigenvalue weighted by molar-refractivity contribution is 0.356. The van der Waals surface area contributed by atoms with Crippen LogP contribution in [-0.2, 0) is 19.4 Å². The van der Waals surface area contributed by atoms with Gasteiger partial charge >= 0.3 is 0 Å². The van der Waals surface area contributed by atoms with Crippen molar-refractivity contribution >= 4 is 0 Å². The van der Waals surface area contributed by atoms with E-state index in [1.54, 1.807) is 0 Å². The highest BCUT2D eigenvalue weighted by Gasteiger charge is 2.18. The van der Waals surface area contributed by atoms with Gasteiger partial charge in [0.25, 0.3) is 0 Å². The monoisotopic (exact) mass is 272 g/mol. The minimum Gasteiger partial charge on any atom is -0.493 e. The maximum Gasteiger partial charge on any atom is 0.122 e. The summed E-state index contributed by atoms with van der Waals surface area (Å²) < 4.78 is 7.68. The minimum absolute atomic E-state index is 0.0635. The van der Waals surface area contributed by atoms with Crippen molar-refractivity contribution in [2.75, 3.05) is 6.61 Å². The van der Waals surface area contributed by atoms with E-state index in [-0.39, 0.29) is 6.04 Å². The number of nitrogens with one attached hydrogen (secondary N) is 1. The van der Waals surface area contributed by atoms with Gasteiger partial charge in [0, 0.05) is 31.8 Å². The molecule has 5 nitrogen and oxygen atoms in total. The molecule has 1 atom stereocenters. The molecule has 1 unspecified atom stereocenters. The number of hydrogen-bond donors (Lipinski definition) is 2. The number of nitrogens with two attached hydrogens (primary N) is 1. The zero-order chi connectivity index (χ0) is 13.9. The second kappa shape index (κ2) is 5.64. The highest BCUT2D eigenvalue weighted by atomic mass is 16.5. The SMILES string of the molecule is CCn1ccnc1CC(NN)c1ccc2c(c1)CCO2. The molecule has 0 radical (unpaired) electrons. The van der Waals surface area contributed by atoms with Crippen LogP contribution in [0.3, 0.4) is 0 Å².